The SMILES string of the molecule is Cc1c(F)cc2nc3c(c4c2c1CC[I-]4)Cn1c-3cc2c(c1=O)COC(C)[C@H]2C. The van der Waals surface area contributed by atoms with Crippen LogP contribution in [-0.4, -0.2) is 20.1 Å². The topological polar surface area (TPSA) is 44.1 Å². The molecule has 0 radical (unpaired) electrons. The Balaban J connectivity index is 1.67. The fourth-order valence-electron chi connectivity index (χ4n) is 5.00. The van der Waals surface area contributed by atoms with Gasteiger partial charge in [0.2, 0.25) is 0 Å². The van der Waals surface area contributed by atoms with E-state index in [9.17, 15) is 9.18 Å². The van der Waals surface area contributed by atoms with E-state index in [2.05, 4.69) is 19.9 Å². The second-order valence-corrected chi connectivity index (χ2v) is 11.3. The van der Waals surface area contributed by atoms with Crippen LogP contribution in [-0.2, 0) is 24.3 Å². The van der Waals surface area contributed by atoms with Crippen LogP contribution in [0.5, 0.6) is 0 Å². The van der Waals surface area contributed by atoms with Crippen LogP contribution in [0.1, 0.15) is 47.6 Å². The summed E-state index contributed by atoms with van der Waals surface area (Å²) in [6, 6.07) is 3.73. The van der Waals surface area contributed by atoms with Crippen LogP contribution in [0.15, 0.2) is 16.9 Å². The van der Waals surface area contributed by atoms with Gasteiger partial charge in [-0.25, -0.2) is 0 Å². The van der Waals surface area contributed by atoms with E-state index in [4.69, 9.17) is 9.72 Å². The number of benzene rings is 1. The monoisotopic (exact) mass is 503 g/mol. The van der Waals surface area contributed by atoms with Gasteiger partial charge in [0.1, 0.15) is 0 Å². The van der Waals surface area contributed by atoms with Gasteiger partial charge in [0, 0.05) is 0 Å². The zero-order valence-electron chi connectivity index (χ0n) is 16.6. The molecule has 0 fully saturated rings. The van der Waals surface area contributed by atoms with Gasteiger partial charge in [-0.2, -0.15) is 0 Å². The minimum atomic E-state index is -0.175. The summed E-state index contributed by atoms with van der Waals surface area (Å²) in [7, 11) is 0. The van der Waals surface area contributed by atoms with Crippen LogP contribution in [0.4, 0.5) is 4.39 Å². The molecule has 0 saturated heterocycles. The quantitative estimate of drug-likeness (QED) is 0.263. The molecule has 0 amide bonds. The van der Waals surface area contributed by atoms with Gasteiger partial charge in [-0.1, -0.05) is 0 Å². The molecule has 1 unspecified atom stereocenters. The fraction of sp³-hybridized carbons (Fsp3) is 0.391. The van der Waals surface area contributed by atoms with Crippen molar-refractivity contribution in [2.75, 3.05) is 4.43 Å². The molecule has 3 aliphatic rings. The number of halogens is 2. The van der Waals surface area contributed by atoms with Gasteiger partial charge in [-0.15, -0.1) is 0 Å². The van der Waals surface area contributed by atoms with Crippen molar-refractivity contribution in [3.8, 4) is 11.4 Å². The number of hydrogen-bond acceptors (Lipinski definition) is 3. The van der Waals surface area contributed by atoms with Crippen LogP contribution < -0.4 is 26.8 Å². The molecule has 150 valence electrons. The summed E-state index contributed by atoms with van der Waals surface area (Å²) < 4.78 is 24.8. The molecular formula is C23H21FIN2O2-. The van der Waals surface area contributed by atoms with E-state index in [0.29, 0.717) is 13.2 Å². The number of ether oxygens (including phenoxy) is 1. The second-order valence-electron chi connectivity index (χ2n) is 8.34. The van der Waals surface area contributed by atoms with Crippen molar-refractivity contribution in [1.82, 2.24) is 9.55 Å². The Morgan fingerprint density at radius 2 is 2.07 bits per heavy atom. The van der Waals surface area contributed by atoms with Crippen LogP contribution in [0.25, 0.3) is 22.3 Å². The molecule has 0 spiro atoms. The van der Waals surface area contributed by atoms with E-state index in [-0.39, 0.29) is 44.6 Å². The average molecular weight is 503 g/mol. The first-order valence-corrected chi connectivity index (χ1v) is 12.7. The van der Waals surface area contributed by atoms with Crippen molar-refractivity contribution in [1.29, 1.82) is 0 Å². The minimum absolute atomic E-state index is 0.0436. The average Bonchev–Trinajstić information content (AvgIpc) is 3.08. The molecule has 4 nitrogen and oxygen atoms in total. The third-order valence-electron chi connectivity index (χ3n) is 6.89. The van der Waals surface area contributed by atoms with Crippen molar-refractivity contribution >= 4 is 10.9 Å². The summed E-state index contributed by atoms with van der Waals surface area (Å²) >= 11 is -0.167. The van der Waals surface area contributed by atoms with Crippen molar-refractivity contribution in [3.63, 3.8) is 0 Å². The molecule has 0 aliphatic carbocycles. The van der Waals surface area contributed by atoms with E-state index >= 15 is 0 Å². The second kappa shape index (κ2) is 6.11. The maximum atomic E-state index is 14.6. The standard InChI is InChI=1S/C23H21FIN2O2/c1-10-12(3)29-9-16-14(10)6-19-22-15(8-27(19)23(16)28)21-20-13(4-5-25-21)11(2)17(24)7-18(20)26-22/h6-7,10,12H,4-5,8-9H2,1-3H3/q-1/t10-,12?/m1/s1. The Hall–Kier alpha value is -1.80. The third kappa shape index (κ3) is 2.33. The summed E-state index contributed by atoms with van der Waals surface area (Å²) in [6.07, 6.45) is 1.02. The Labute approximate surface area is 178 Å². The molecule has 0 N–H and O–H groups in total. The molecule has 0 saturated carbocycles. The number of alkyl halides is 1. The maximum absolute atomic E-state index is 14.6. The Kier molecular flexibility index (Phi) is 3.79. The number of aromatic nitrogens is 2. The molecular weight excluding hydrogens is 482 g/mol. The van der Waals surface area contributed by atoms with E-state index in [1.54, 1.807) is 6.07 Å². The van der Waals surface area contributed by atoms with Gasteiger partial charge in [0.25, 0.3) is 0 Å². The summed E-state index contributed by atoms with van der Waals surface area (Å²) in [5, 5.41) is 1.16. The van der Waals surface area contributed by atoms with Crippen molar-refractivity contribution in [2.45, 2.75) is 52.4 Å². The first-order valence-electron chi connectivity index (χ1n) is 10.1. The molecule has 1 aromatic carbocycles. The van der Waals surface area contributed by atoms with E-state index in [1.807, 2.05) is 11.5 Å². The molecule has 0 bridgehead atoms. The molecule has 29 heavy (non-hydrogen) atoms. The first kappa shape index (κ1) is 18.0. The van der Waals surface area contributed by atoms with Gasteiger partial charge < -0.3 is 0 Å². The van der Waals surface area contributed by atoms with E-state index in [1.165, 1.54) is 9.13 Å². The van der Waals surface area contributed by atoms with Crippen molar-refractivity contribution < 1.29 is 30.3 Å². The summed E-state index contributed by atoms with van der Waals surface area (Å²) in [5.74, 6) is -0.00856. The number of aryl methyl sites for hydroxylation is 1. The van der Waals surface area contributed by atoms with Crippen molar-refractivity contribution in [2.24, 2.45) is 0 Å². The summed E-state index contributed by atoms with van der Waals surface area (Å²) in [5.41, 5.74) is 7.49. The van der Waals surface area contributed by atoms with Crippen molar-refractivity contribution in [3.05, 3.63) is 59.7 Å². The number of pyridine rings is 2. The molecule has 3 aromatic rings. The van der Waals surface area contributed by atoms with E-state index < -0.39 is 0 Å². The molecule has 3 aliphatic heterocycles. The number of hydrogen-bond donors (Lipinski definition) is 0. The fourth-order valence-corrected chi connectivity index (χ4v) is 8.22. The van der Waals surface area contributed by atoms with Crippen LogP contribution in [0.3, 0.4) is 0 Å². The molecule has 5 heterocycles. The summed E-state index contributed by atoms with van der Waals surface area (Å²) in [4.78, 5) is 18.2. The van der Waals surface area contributed by atoms with Gasteiger partial charge in [0.05, 0.1) is 0 Å². The van der Waals surface area contributed by atoms with Gasteiger partial charge >= 0.3 is 179 Å². The van der Waals surface area contributed by atoms with Gasteiger partial charge in [0.15, 0.2) is 0 Å². The summed E-state index contributed by atoms with van der Waals surface area (Å²) in [6.45, 7) is 7.00. The Bertz CT molecular complexity index is 1300. The Morgan fingerprint density at radius 1 is 1.24 bits per heavy atom. The van der Waals surface area contributed by atoms with Gasteiger partial charge in [-0.3, -0.25) is 0 Å². The van der Waals surface area contributed by atoms with Crippen LogP contribution >= 0.6 is 0 Å². The number of rotatable bonds is 0. The zero-order chi connectivity index (χ0) is 20.0. The molecule has 6 heteroatoms. The molecule has 2 atom stereocenters. The van der Waals surface area contributed by atoms with Crippen LogP contribution in [0.2, 0.25) is 0 Å². The zero-order valence-corrected chi connectivity index (χ0v) is 18.8. The Morgan fingerprint density at radius 3 is 2.90 bits per heavy atom. The van der Waals surface area contributed by atoms with E-state index in [0.717, 1.165) is 55.4 Å². The van der Waals surface area contributed by atoms with Crippen LogP contribution in [0, 0.1) is 16.3 Å². The number of nitrogens with zero attached hydrogens (tertiary/aromatic N) is 2. The predicted octanol–water partition coefficient (Wildman–Crippen LogP) is 0.710. The molecule has 6 rings (SSSR count). The third-order valence-corrected chi connectivity index (χ3v) is 9.92. The predicted molar refractivity (Wildman–Crippen MR) is 105 cm³/mol. The normalized spacial score (nSPS) is 22.1. The first-order chi connectivity index (χ1) is 14.0. The van der Waals surface area contributed by atoms with Gasteiger partial charge in [-0.05, 0) is 0 Å². The molecule has 2 aromatic heterocycles. The number of fused-ring (bicyclic) bond motifs is 5.